The Hall–Kier alpha value is -3.09. The molecule has 1 heterocycles. The first-order chi connectivity index (χ1) is 12.4. The maximum Gasteiger partial charge on any atom is 0.344 e. The van der Waals surface area contributed by atoms with Crippen LogP contribution in [0.15, 0.2) is 41.0 Å². The van der Waals surface area contributed by atoms with Crippen molar-refractivity contribution in [1.29, 1.82) is 0 Å². The second kappa shape index (κ2) is 8.84. The van der Waals surface area contributed by atoms with Gasteiger partial charge in [-0.15, -0.1) is 0 Å². The molecule has 0 saturated carbocycles. The van der Waals surface area contributed by atoms with E-state index in [1.165, 1.54) is 18.4 Å². The third-order valence-electron chi connectivity index (χ3n) is 3.50. The number of rotatable bonds is 7. The molecule has 1 N–H and O–H groups in total. The van der Waals surface area contributed by atoms with E-state index in [0.29, 0.717) is 5.75 Å². The van der Waals surface area contributed by atoms with E-state index < -0.39 is 24.4 Å². The molecule has 0 aliphatic heterocycles. The van der Waals surface area contributed by atoms with E-state index in [4.69, 9.17) is 13.9 Å². The van der Waals surface area contributed by atoms with Gasteiger partial charge in [-0.25, -0.2) is 4.79 Å². The van der Waals surface area contributed by atoms with E-state index in [1.54, 1.807) is 0 Å². The van der Waals surface area contributed by atoms with Gasteiger partial charge in [0.25, 0.3) is 11.8 Å². The second-order valence-electron chi connectivity index (χ2n) is 6.00. The van der Waals surface area contributed by atoms with Gasteiger partial charge in [0.2, 0.25) is 0 Å². The monoisotopic (exact) mass is 359 g/mol. The van der Waals surface area contributed by atoms with Crippen molar-refractivity contribution in [3.05, 3.63) is 53.5 Å². The summed E-state index contributed by atoms with van der Waals surface area (Å²) in [5, 5.41) is 2.05. The van der Waals surface area contributed by atoms with Gasteiger partial charge in [0, 0.05) is 0 Å². The lowest BCUT2D eigenvalue weighted by Crippen LogP contribution is -2.34. The molecule has 1 aromatic carbocycles. The molecule has 2 amide bonds. The number of furan rings is 1. The van der Waals surface area contributed by atoms with Gasteiger partial charge < -0.3 is 13.9 Å². The first kappa shape index (κ1) is 19.2. The lowest BCUT2D eigenvalue weighted by Gasteiger charge is -2.14. The van der Waals surface area contributed by atoms with Crippen molar-refractivity contribution in [2.45, 2.75) is 26.7 Å². The van der Waals surface area contributed by atoms with Crippen molar-refractivity contribution < 1.29 is 28.3 Å². The highest BCUT2D eigenvalue weighted by Crippen LogP contribution is 2.27. The molecule has 0 fully saturated rings. The Kier molecular flexibility index (Phi) is 6.54. The molecule has 7 heteroatoms. The van der Waals surface area contributed by atoms with E-state index in [1.807, 2.05) is 39.0 Å². The van der Waals surface area contributed by atoms with Gasteiger partial charge in [-0.2, -0.15) is 0 Å². The molecule has 26 heavy (non-hydrogen) atoms. The van der Waals surface area contributed by atoms with Gasteiger partial charge in [0.1, 0.15) is 5.75 Å². The van der Waals surface area contributed by atoms with Gasteiger partial charge in [-0.3, -0.25) is 14.9 Å². The summed E-state index contributed by atoms with van der Waals surface area (Å²) in [5.41, 5.74) is 1.98. The van der Waals surface area contributed by atoms with Crippen LogP contribution in [0.2, 0.25) is 0 Å². The minimum atomic E-state index is -0.752. The SMILES string of the molecule is Cc1ccc(C(C)C)c(OCC(=O)OCC(=O)NC(=O)c2ccco2)c1. The number of amides is 2. The van der Waals surface area contributed by atoms with E-state index in [9.17, 15) is 14.4 Å². The van der Waals surface area contributed by atoms with Crippen LogP contribution in [0.4, 0.5) is 0 Å². The van der Waals surface area contributed by atoms with E-state index in [0.717, 1.165) is 11.1 Å². The summed E-state index contributed by atoms with van der Waals surface area (Å²) in [6.07, 6.45) is 1.31. The molecule has 0 radical (unpaired) electrons. The molecule has 0 aliphatic carbocycles. The summed E-state index contributed by atoms with van der Waals surface area (Å²) in [7, 11) is 0. The summed E-state index contributed by atoms with van der Waals surface area (Å²) in [6, 6.07) is 8.71. The molecule has 2 aromatic rings. The average molecular weight is 359 g/mol. The Bertz CT molecular complexity index is 779. The summed E-state index contributed by atoms with van der Waals surface area (Å²) >= 11 is 0. The fourth-order valence-corrected chi connectivity index (χ4v) is 2.20. The molecule has 0 bridgehead atoms. The fraction of sp³-hybridized carbons (Fsp3) is 0.316. The van der Waals surface area contributed by atoms with Crippen LogP contribution in [-0.2, 0) is 14.3 Å². The molecular weight excluding hydrogens is 338 g/mol. The lowest BCUT2D eigenvalue weighted by molar-refractivity contribution is -0.150. The summed E-state index contributed by atoms with van der Waals surface area (Å²) < 4.78 is 15.2. The molecular formula is C19H21NO6. The van der Waals surface area contributed by atoms with Gasteiger partial charge >= 0.3 is 5.97 Å². The first-order valence-corrected chi connectivity index (χ1v) is 8.13. The first-order valence-electron chi connectivity index (χ1n) is 8.13. The molecule has 0 atom stereocenters. The van der Waals surface area contributed by atoms with Crippen LogP contribution in [0.5, 0.6) is 5.75 Å². The quantitative estimate of drug-likeness (QED) is 0.764. The Balaban J connectivity index is 1.80. The van der Waals surface area contributed by atoms with E-state index in [2.05, 4.69) is 5.32 Å². The number of hydrogen-bond donors (Lipinski definition) is 1. The summed E-state index contributed by atoms with van der Waals surface area (Å²) in [5.74, 6) is -1.32. The predicted octanol–water partition coefficient (Wildman–Crippen LogP) is 2.59. The summed E-state index contributed by atoms with van der Waals surface area (Å²) in [4.78, 5) is 35.0. The number of imide groups is 1. The average Bonchev–Trinajstić information content (AvgIpc) is 3.12. The van der Waals surface area contributed by atoms with Crippen LogP contribution in [0.25, 0.3) is 0 Å². The largest absolute Gasteiger partial charge is 0.482 e. The topological polar surface area (TPSA) is 94.8 Å². The number of nitrogens with one attached hydrogen (secondary N) is 1. The molecule has 2 rings (SSSR count). The molecule has 138 valence electrons. The minimum Gasteiger partial charge on any atom is -0.482 e. The zero-order chi connectivity index (χ0) is 19.1. The highest BCUT2D eigenvalue weighted by atomic mass is 16.6. The molecule has 0 unspecified atom stereocenters. The number of aryl methyl sites for hydroxylation is 1. The molecule has 0 aliphatic rings. The Labute approximate surface area is 151 Å². The van der Waals surface area contributed by atoms with Crippen molar-refractivity contribution >= 4 is 17.8 Å². The standard InChI is InChI=1S/C19H21NO6/c1-12(2)14-7-6-13(3)9-16(14)25-11-18(22)26-10-17(21)20-19(23)15-5-4-8-24-15/h4-9,12H,10-11H2,1-3H3,(H,20,21,23). The van der Waals surface area contributed by atoms with Crippen LogP contribution in [0.1, 0.15) is 41.4 Å². The third-order valence-corrected chi connectivity index (χ3v) is 3.50. The number of ether oxygens (including phenoxy) is 2. The van der Waals surface area contributed by atoms with Crippen molar-refractivity contribution in [2.75, 3.05) is 13.2 Å². The number of carbonyl (C=O) groups is 3. The van der Waals surface area contributed by atoms with Crippen LogP contribution >= 0.6 is 0 Å². The molecule has 0 saturated heterocycles. The van der Waals surface area contributed by atoms with Crippen LogP contribution in [-0.4, -0.2) is 31.0 Å². The highest BCUT2D eigenvalue weighted by molar-refractivity contribution is 6.03. The lowest BCUT2D eigenvalue weighted by atomic mass is 10.0. The Morgan fingerprint density at radius 2 is 1.92 bits per heavy atom. The smallest absolute Gasteiger partial charge is 0.344 e. The van der Waals surface area contributed by atoms with E-state index in [-0.39, 0.29) is 18.3 Å². The van der Waals surface area contributed by atoms with Crippen molar-refractivity contribution in [2.24, 2.45) is 0 Å². The molecule has 0 spiro atoms. The highest BCUT2D eigenvalue weighted by Gasteiger charge is 2.15. The minimum absolute atomic E-state index is 0.00586. The van der Waals surface area contributed by atoms with Gasteiger partial charge in [-0.1, -0.05) is 26.0 Å². The van der Waals surface area contributed by atoms with Crippen LogP contribution in [0, 0.1) is 6.92 Å². The van der Waals surface area contributed by atoms with E-state index >= 15 is 0 Å². The second-order valence-corrected chi connectivity index (χ2v) is 6.00. The predicted molar refractivity (Wildman–Crippen MR) is 92.9 cm³/mol. The van der Waals surface area contributed by atoms with Gasteiger partial charge in [0.15, 0.2) is 19.0 Å². The number of esters is 1. The van der Waals surface area contributed by atoms with Crippen LogP contribution < -0.4 is 10.1 Å². The molecule has 1 aromatic heterocycles. The maximum absolute atomic E-state index is 11.8. The zero-order valence-electron chi connectivity index (χ0n) is 14.9. The number of carbonyl (C=O) groups excluding carboxylic acids is 3. The Morgan fingerprint density at radius 1 is 1.15 bits per heavy atom. The van der Waals surface area contributed by atoms with Crippen LogP contribution in [0.3, 0.4) is 0 Å². The van der Waals surface area contributed by atoms with Crippen molar-refractivity contribution in [1.82, 2.24) is 5.32 Å². The van der Waals surface area contributed by atoms with Gasteiger partial charge in [0.05, 0.1) is 6.26 Å². The van der Waals surface area contributed by atoms with Crippen molar-refractivity contribution in [3.8, 4) is 5.75 Å². The normalized spacial score (nSPS) is 10.5. The Morgan fingerprint density at radius 3 is 2.58 bits per heavy atom. The third kappa shape index (κ3) is 5.47. The zero-order valence-corrected chi connectivity index (χ0v) is 14.9. The number of benzene rings is 1. The van der Waals surface area contributed by atoms with Gasteiger partial charge in [-0.05, 0) is 42.2 Å². The number of hydrogen-bond acceptors (Lipinski definition) is 6. The fourth-order valence-electron chi connectivity index (χ4n) is 2.20. The maximum atomic E-state index is 11.8. The summed E-state index contributed by atoms with van der Waals surface area (Å²) in [6.45, 7) is 5.06. The molecule has 7 nitrogen and oxygen atoms in total. The van der Waals surface area contributed by atoms with Crippen molar-refractivity contribution in [3.63, 3.8) is 0 Å².